The van der Waals surface area contributed by atoms with Gasteiger partial charge in [-0.15, -0.1) is 0 Å². The molecule has 7 nitrogen and oxygen atoms in total. The standard InChI is InChI=1S/C14H19N5O2/c1-10(6-5-9-11-7-3-2-4-8-11)19-12(15)13(17-18-19)21-14(16)20/h2-4,7-8,10H,5-6,9,15H2,1H3,(H2,16,20). The van der Waals surface area contributed by atoms with Gasteiger partial charge >= 0.3 is 6.09 Å². The molecule has 0 aliphatic rings. The van der Waals surface area contributed by atoms with E-state index in [0.717, 1.165) is 19.3 Å². The van der Waals surface area contributed by atoms with E-state index in [0.29, 0.717) is 0 Å². The lowest BCUT2D eigenvalue weighted by atomic mass is 10.1. The van der Waals surface area contributed by atoms with E-state index in [-0.39, 0.29) is 17.7 Å². The Morgan fingerprint density at radius 2 is 2.10 bits per heavy atom. The van der Waals surface area contributed by atoms with Crippen molar-refractivity contribution in [2.45, 2.75) is 32.2 Å². The summed E-state index contributed by atoms with van der Waals surface area (Å²) >= 11 is 0. The minimum atomic E-state index is -0.953. The summed E-state index contributed by atoms with van der Waals surface area (Å²) in [5, 5.41) is 7.61. The Kier molecular flexibility index (Phi) is 4.76. The van der Waals surface area contributed by atoms with Gasteiger partial charge in [-0.05, 0) is 31.7 Å². The van der Waals surface area contributed by atoms with Crippen molar-refractivity contribution in [3.05, 3.63) is 35.9 Å². The SMILES string of the molecule is CC(CCCc1ccccc1)n1nnc(OC(N)=O)c1N. The van der Waals surface area contributed by atoms with Crippen LogP contribution in [0.2, 0.25) is 0 Å². The number of carbonyl (C=O) groups excluding carboxylic acids is 1. The number of hydrogen-bond acceptors (Lipinski definition) is 5. The monoisotopic (exact) mass is 289 g/mol. The number of ether oxygens (including phenoxy) is 1. The average molecular weight is 289 g/mol. The van der Waals surface area contributed by atoms with Gasteiger partial charge in [0.2, 0.25) is 0 Å². The molecule has 0 aliphatic carbocycles. The summed E-state index contributed by atoms with van der Waals surface area (Å²) in [5.74, 6) is 0.165. The van der Waals surface area contributed by atoms with Crippen LogP contribution in [0.15, 0.2) is 30.3 Å². The first-order chi connectivity index (χ1) is 10.1. The number of nitrogens with zero attached hydrogens (tertiary/aromatic N) is 3. The van der Waals surface area contributed by atoms with E-state index in [9.17, 15) is 4.79 Å². The van der Waals surface area contributed by atoms with Crippen LogP contribution in [0.5, 0.6) is 5.88 Å². The number of carbonyl (C=O) groups is 1. The van der Waals surface area contributed by atoms with Crippen LogP contribution in [0.1, 0.15) is 31.4 Å². The van der Waals surface area contributed by atoms with Crippen molar-refractivity contribution in [3.8, 4) is 5.88 Å². The average Bonchev–Trinajstić information content (AvgIpc) is 2.81. The van der Waals surface area contributed by atoms with Crippen molar-refractivity contribution in [3.63, 3.8) is 0 Å². The van der Waals surface area contributed by atoms with Crippen LogP contribution >= 0.6 is 0 Å². The Morgan fingerprint density at radius 3 is 2.76 bits per heavy atom. The van der Waals surface area contributed by atoms with Crippen LogP contribution in [0, 0.1) is 0 Å². The van der Waals surface area contributed by atoms with Gasteiger partial charge in [0.15, 0.2) is 5.82 Å². The lowest BCUT2D eigenvalue weighted by Crippen LogP contribution is -2.17. The summed E-state index contributed by atoms with van der Waals surface area (Å²) in [6.45, 7) is 1.99. The Morgan fingerprint density at radius 1 is 1.38 bits per heavy atom. The molecule has 0 saturated heterocycles. The first-order valence-electron chi connectivity index (χ1n) is 6.79. The molecule has 1 heterocycles. The van der Waals surface area contributed by atoms with Gasteiger partial charge < -0.3 is 16.2 Å². The molecule has 0 aliphatic heterocycles. The van der Waals surface area contributed by atoms with Crippen molar-refractivity contribution in [2.75, 3.05) is 5.73 Å². The highest BCUT2D eigenvalue weighted by Crippen LogP contribution is 2.23. The van der Waals surface area contributed by atoms with Gasteiger partial charge in [-0.3, -0.25) is 0 Å². The van der Waals surface area contributed by atoms with Crippen LogP contribution in [0.3, 0.4) is 0 Å². The Balaban J connectivity index is 1.90. The molecule has 21 heavy (non-hydrogen) atoms. The van der Waals surface area contributed by atoms with Crippen molar-refractivity contribution in [1.82, 2.24) is 15.0 Å². The van der Waals surface area contributed by atoms with Gasteiger partial charge in [0.05, 0.1) is 6.04 Å². The van der Waals surface area contributed by atoms with Crippen LogP contribution in [-0.4, -0.2) is 21.1 Å². The predicted octanol–water partition coefficient (Wildman–Crippen LogP) is 1.90. The van der Waals surface area contributed by atoms with E-state index in [1.807, 2.05) is 25.1 Å². The van der Waals surface area contributed by atoms with E-state index in [1.54, 1.807) is 4.68 Å². The van der Waals surface area contributed by atoms with Crippen LogP contribution in [0.4, 0.5) is 10.6 Å². The maximum Gasteiger partial charge on any atom is 0.411 e. The number of rotatable bonds is 6. The Labute approximate surface area is 122 Å². The normalized spacial score (nSPS) is 12.0. The Bertz CT molecular complexity index is 597. The van der Waals surface area contributed by atoms with Crippen molar-refractivity contribution >= 4 is 11.9 Å². The molecule has 1 unspecified atom stereocenters. The third-order valence-electron chi connectivity index (χ3n) is 3.24. The molecular weight excluding hydrogens is 270 g/mol. The van der Waals surface area contributed by atoms with Gasteiger partial charge in [-0.2, -0.15) is 0 Å². The number of aromatic nitrogens is 3. The number of primary amides is 1. The van der Waals surface area contributed by atoms with Crippen LogP contribution in [0.25, 0.3) is 0 Å². The van der Waals surface area contributed by atoms with E-state index in [1.165, 1.54) is 5.56 Å². The van der Waals surface area contributed by atoms with Crippen LogP contribution < -0.4 is 16.2 Å². The summed E-state index contributed by atoms with van der Waals surface area (Å²) in [5.41, 5.74) is 12.1. The predicted molar refractivity (Wildman–Crippen MR) is 78.7 cm³/mol. The summed E-state index contributed by atoms with van der Waals surface area (Å²) in [4.78, 5) is 10.7. The highest BCUT2D eigenvalue weighted by Gasteiger charge is 2.17. The molecule has 1 atom stereocenters. The molecule has 7 heteroatoms. The Hall–Kier alpha value is -2.57. The van der Waals surface area contributed by atoms with E-state index < -0.39 is 6.09 Å². The highest BCUT2D eigenvalue weighted by atomic mass is 16.6. The third-order valence-corrected chi connectivity index (χ3v) is 3.24. The lowest BCUT2D eigenvalue weighted by Gasteiger charge is -2.12. The topological polar surface area (TPSA) is 109 Å². The molecule has 1 aromatic heterocycles. The maximum absolute atomic E-state index is 10.7. The number of benzene rings is 1. The molecule has 1 aromatic carbocycles. The number of aryl methyl sites for hydroxylation is 1. The van der Waals surface area contributed by atoms with Gasteiger partial charge in [-0.25, -0.2) is 9.48 Å². The van der Waals surface area contributed by atoms with Crippen molar-refractivity contribution < 1.29 is 9.53 Å². The summed E-state index contributed by atoms with van der Waals surface area (Å²) < 4.78 is 6.21. The van der Waals surface area contributed by atoms with Crippen LogP contribution in [-0.2, 0) is 6.42 Å². The smallest absolute Gasteiger partial charge is 0.386 e. The largest absolute Gasteiger partial charge is 0.411 e. The molecule has 112 valence electrons. The zero-order chi connectivity index (χ0) is 15.2. The fourth-order valence-corrected chi connectivity index (χ4v) is 2.15. The number of anilines is 1. The molecule has 4 N–H and O–H groups in total. The fraction of sp³-hybridized carbons (Fsp3) is 0.357. The fourth-order valence-electron chi connectivity index (χ4n) is 2.15. The zero-order valence-corrected chi connectivity index (χ0v) is 11.9. The second-order valence-electron chi connectivity index (χ2n) is 4.87. The van der Waals surface area contributed by atoms with Gasteiger partial charge in [0.1, 0.15) is 0 Å². The highest BCUT2D eigenvalue weighted by molar-refractivity contribution is 5.69. The molecular formula is C14H19N5O2. The molecule has 0 spiro atoms. The minimum Gasteiger partial charge on any atom is -0.386 e. The molecule has 0 saturated carbocycles. The van der Waals surface area contributed by atoms with E-state index in [2.05, 4.69) is 27.2 Å². The third kappa shape index (κ3) is 3.95. The first kappa shape index (κ1) is 14.8. The van der Waals surface area contributed by atoms with E-state index >= 15 is 0 Å². The summed E-state index contributed by atoms with van der Waals surface area (Å²) in [7, 11) is 0. The number of hydrogen-bond donors (Lipinski definition) is 2. The van der Waals surface area contributed by atoms with Gasteiger partial charge in [-0.1, -0.05) is 40.6 Å². The molecule has 0 radical (unpaired) electrons. The second kappa shape index (κ2) is 6.74. The summed E-state index contributed by atoms with van der Waals surface area (Å²) in [6.07, 6.45) is 1.92. The molecule has 0 bridgehead atoms. The second-order valence-corrected chi connectivity index (χ2v) is 4.87. The zero-order valence-electron chi connectivity index (χ0n) is 11.9. The summed E-state index contributed by atoms with van der Waals surface area (Å²) in [6, 6.07) is 10.3. The lowest BCUT2D eigenvalue weighted by molar-refractivity contribution is 0.209. The van der Waals surface area contributed by atoms with E-state index in [4.69, 9.17) is 11.5 Å². The quantitative estimate of drug-likeness (QED) is 0.844. The molecule has 2 aromatic rings. The number of amides is 1. The number of nitrogen functional groups attached to an aromatic ring is 1. The van der Waals surface area contributed by atoms with Crippen molar-refractivity contribution in [2.24, 2.45) is 5.73 Å². The molecule has 0 fully saturated rings. The minimum absolute atomic E-state index is 0.0441. The van der Waals surface area contributed by atoms with Crippen molar-refractivity contribution in [1.29, 1.82) is 0 Å². The van der Waals surface area contributed by atoms with Gasteiger partial charge in [0, 0.05) is 0 Å². The number of nitrogens with two attached hydrogens (primary N) is 2. The molecule has 1 amide bonds. The van der Waals surface area contributed by atoms with Gasteiger partial charge in [0.25, 0.3) is 5.88 Å². The molecule has 2 rings (SSSR count). The maximum atomic E-state index is 10.7. The first-order valence-corrected chi connectivity index (χ1v) is 6.79.